The van der Waals surface area contributed by atoms with Gasteiger partial charge in [0.1, 0.15) is 11.6 Å². The zero-order chi connectivity index (χ0) is 14.5. The predicted octanol–water partition coefficient (Wildman–Crippen LogP) is -0.403. The summed E-state index contributed by atoms with van der Waals surface area (Å²) in [4.78, 5) is 1.48. The topological polar surface area (TPSA) is 92.2 Å². The summed E-state index contributed by atoms with van der Waals surface area (Å²) in [5.74, 6) is 1.05. The van der Waals surface area contributed by atoms with Gasteiger partial charge in [0.05, 0.1) is 25.6 Å². The second kappa shape index (κ2) is 4.25. The molecule has 0 amide bonds. The van der Waals surface area contributed by atoms with E-state index >= 15 is 0 Å². The molecule has 2 aliphatic heterocycles. The van der Waals surface area contributed by atoms with Crippen molar-refractivity contribution in [3.05, 3.63) is 22.7 Å². The summed E-state index contributed by atoms with van der Waals surface area (Å²) >= 11 is 0. The zero-order valence-electron chi connectivity index (χ0n) is 12.1. The van der Waals surface area contributed by atoms with E-state index < -0.39 is 0 Å². The van der Waals surface area contributed by atoms with E-state index in [0.717, 1.165) is 30.8 Å². The molecule has 106 valence electrons. The number of nitrogens with two attached hydrogens (primary N) is 1. The molecule has 3 rings (SSSR count). The summed E-state index contributed by atoms with van der Waals surface area (Å²) in [6, 6.07) is 2.30. The maximum atomic E-state index is 9.61. The first-order chi connectivity index (χ1) is 9.50. The molecule has 6 nitrogen and oxygen atoms in total. The summed E-state index contributed by atoms with van der Waals surface area (Å²) in [6.45, 7) is 6.18. The summed E-state index contributed by atoms with van der Waals surface area (Å²) in [7, 11) is 2.19. The summed E-state index contributed by atoms with van der Waals surface area (Å²) in [5, 5.41) is 16.8. The van der Waals surface area contributed by atoms with Crippen LogP contribution in [0.25, 0.3) is 0 Å². The number of fused-ring (bicyclic) bond motifs is 2. The lowest BCUT2D eigenvalue weighted by molar-refractivity contribution is -0.890. The summed E-state index contributed by atoms with van der Waals surface area (Å²) < 4.78 is 5.54. The number of H-pyrrole nitrogens is 1. The normalized spacial score (nSPS) is 32.7. The van der Waals surface area contributed by atoms with Crippen LogP contribution >= 0.6 is 0 Å². The smallest absolute Gasteiger partial charge is 0.244 e. The zero-order valence-corrected chi connectivity index (χ0v) is 12.1. The molecule has 1 fully saturated rings. The number of allylic oxidation sites excluding steroid dienone is 1. The van der Waals surface area contributed by atoms with Crippen LogP contribution in [0, 0.1) is 24.2 Å². The first-order valence-corrected chi connectivity index (χ1v) is 6.95. The van der Waals surface area contributed by atoms with Gasteiger partial charge in [-0.15, -0.1) is 5.10 Å². The molecule has 0 aliphatic carbocycles. The monoisotopic (exact) mass is 274 g/mol. The van der Waals surface area contributed by atoms with Crippen molar-refractivity contribution in [3.8, 4) is 11.9 Å². The Morgan fingerprint density at radius 3 is 3.00 bits per heavy atom. The Kier molecular flexibility index (Phi) is 2.76. The number of rotatable bonds is 0. The second-order valence-corrected chi connectivity index (χ2v) is 6.02. The highest BCUT2D eigenvalue weighted by atomic mass is 16.5. The molecule has 1 aromatic rings. The van der Waals surface area contributed by atoms with Crippen molar-refractivity contribution in [3.63, 3.8) is 0 Å². The third kappa shape index (κ3) is 1.50. The third-order valence-corrected chi connectivity index (χ3v) is 4.81. The van der Waals surface area contributed by atoms with Crippen molar-refractivity contribution in [1.82, 2.24) is 10.2 Å². The van der Waals surface area contributed by atoms with Crippen LogP contribution < -0.4 is 15.4 Å². The van der Waals surface area contributed by atoms with Gasteiger partial charge in [0.25, 0.3) is 0 Å². The van der Waals surface area contributed by atoms with Crippen LogP contribution in [0.1, 0.15) is 24.6 Å². The van der Waals surface area contributed by atoms with Crippen molar-refractivity contribution >= 4 is 0 Å². The number of ether oxygens (including phenoxy) is 1. The second-order valence-electron chi connectivity index (χ2n) is 6.02. The average molecular weight is 274 g/mol. The Balaban J connectivity index is 2.25. The van der Waals surface area contributed by atoms with Gasteiger partial charge in [-0.1, -0.05) is 6.92 Å². The molecule has 6 heteroatoms. The van der Waals surface area contributed by atoms with Crippen LogP contribution in [0.4, 0.5) is 0 Å². The predicted molar refractivity (Wildman–Crippen MR) is 72.9 cm³/mol. The Morgan fingerprint density at radius 1 is 1.60 bits per heavy atom. The highest BCUT2D eigenvalue weighted by Crippen LogP contribution is 2.50. The number of aryl methyl sites for hydroxylation is 1. The molecule has 1 saturated heterocycles. The van der Waals surface area contributed by atoms with Crippen LogP contribution in [-0.4, -0.2) is 30.3 Å². The van der Waals surface area contributed by atoms with Gasteiger partial charge < -0.3 is 15.4 Å². The lowest BCUT2D eigenvalue weighted by Crippen LogP contribution is -3.11. The maximum absolute atomic E-state index is 9.61. The molecule has 0 saturated carbocycles. The van der Waals surface area contributed by atoms with Gasteiger partial charge in [-0.2, -0.15) is 5.26 Å². The van der Waals surface area contributed by atoms with E-state index in [9.17, 15) is 5.26 Å². The van der Waals surface area contributed by atoms with E-state index in [4.69, 9.17) is 10.5 Å². The van der Waals surface area contributed by atoms with E-state index in [1.165, 1.54) is 4.90 Å². The fraction of sp³-hybridized carbons (Fsp3) is 0.571. The van der Waals surface area contributed by atoms with Gasteiger partial charge in [0.2, 0.25) is 11.8 Å². The Hall–Kier alpha value is -2.00. The average Bonchev–Trinajstić information content (AvgIpc) is 2.76. The number of quaternary nitrogens is 1. The molecule has 20 heavy (non-hydrogen) atoms. The molecule has 1 unspecified atom stereocenters. The first kappa shape index (κ1) is 13.0. The van der Waals surface area contributed by atoms with Crippen molar-refractivity contribution in [2.75, 3.05) is 20.1 Å². The van der Waals surface area contributed by atoms with Gasteiger partial charge in [-0.3, -0.25) is 5.10 Å². The molecular formula is C14H20N5O+. The number of nitrogens with one attached hydrogen (secondary N) is 2. The van der Waals surface area contributed by atoms with Gasteiger partial charge >= 0.3 is 0 Å². The molecule has 1 spiro atoms. The van der Waals surface area contributed by atoms with Crippen molar-refractivity contribution in [2.24, 2.45) is 11.7 Å². The molecule has 3 atom stereocenters. The number of nitrogens with zero attached hydrogens (tertiary/aromatic N) is 2. The van der Waals surface area contributed by atoms with Gasteiger partial charge in [0, 0.05) is 23.6 Å². The number of likely N-dealkylation sites (tertiary alicyclic amines) is 1. The van der Waals surface area contributed by atoms with E-state index in [0.29, 0.717) is 17.4 Å². The number of aromatic amines is 1. The molecule has 0 bridgehead atoms. The van der Waals surface area contributed by atoms with Gasteiger partial charge in [-0.05, 0) is 6.92 Å². The quantitative estimate of drug-likeness (QED) is 0.600. The Morgan fingerprint density at radius 2 is 2.35 bits per heavy atom. The largest absolute Gasteiger partial charge is 0.420 e. The highest BCUT2D eigenvalue weighted by molar-refractivity contribution is 5.54. The van der Waals surface area contributed by atoms with Crippen molar-refractivity contribution in [1.29, 1.82) is 5.26 Å². The lowest BCUT2D eigenvalue weighted by atomic mass is 9.61. The minimum absolute atomic E-state index is 0.206. The number of nitriles is 1. The van der Waals surface area contributed by atoms with Crippen molar-refractivity contribution in [2.45, 2.75) is 25.7 Å². The number of piperidine rings is 1. The summed E-state index contributed by atoms with van der Waals surface area (Å²) in [5.41, 5.74) is 8.18. The fourth-order valence-corrected chi connectivity index (χ4v) is 3.86. The van der Waals surface area contributed by atoms with E-state index in [-0.39, 0.29) is 11.3 Å². The van der Waals surface area contributed by atoms with E-state index in [2.05, 4.69) is 30.2 Å². The van der Waals surface area contributed by atoms with Crippen LogP contribution in [-0.2, 0) is 5.41 Å². The van der Waals surface area contributed by atoms with Crippen LogP contribution in [0.3, 0.4) is 0 Å². The molecule has 1 aromatic heterocycles. The maximum Gasteiger partial charge on any atom is 0.244 e. The van der Waals surface area contributed by atoms with Gasteiger partial charge in [0.15, 0.2) is 0 Å². The molecule has 0 radical (unpaired) electrons. The van der Waals surface area contributed by atoms with E-state index in [1.54, 1.807) is 0 Å². The lowest BCUT2D eigenvalue weighted by Gasteiger charge is -2.45. The van der Waals surface area contributed by atoms with Crippen LogP contribution in [0.15, 0.2) is 11.5 Å². The van der Waals surface area contributed by atoms with Crippen LogP contribution in [0.2, 0.25) is 0 Å². The fourth-order valence-electron chi connectivity index (χ4n) is 3.86. The third-order valence-electron chi connectivity index (χ3n) is 4.81. The number of aromatic nitrogens is 2. The molecule has 3 heterocycles. The van der Waals surface area contributed by atoms with Gasteiger partial charge in [-0.25, -0.2) is 0 Å². The number of hydrogen-bond donors (Lipinski definition) is 3. The minimum atomic E-state index is -0.358. The van der Waals surface area contributed by atoms with E-state index in [1.807, 2.05) is 6.92 Å². The minimum Gasteiger partial charge on any atom is -0.420 e. The SMILES string of the molecule is Cc1[nH]nc2c1[C@@]1(CC[NH+](C)C[C@H]1C)C(C#N)=C(N)O2. The molecule has 2 aliphatic rings. The van der Waals surface area contributed by atoms with Crippen molar-refractivity contribution < 1.29 is 9.64 Å². The Labute approximate surface area is 118 Å². The van der Waals surface area contributed by atoms with Crippen LogP contribution in [0.5, 0.6) is 5.88 Å². The Bertz CT molecular complexity index is 626. The molecule has 4 N–H and O–H groups in total. The highest BCUT2D eigenvalue weighted by Gasteiger charge is 2.53. The first-order valence-electron chi connectivity index (χ1n) is 6.95. The number of hydrogen-bond acceptors (Lipinski definition) is 4. The standard InChI is InChI=1S/C14H19N5O/c1-8-7-19(3)5-4-14(8)10(6-15)12(16)20-13-11(14)9(2)17-18-13/h8H,4-5,7,16H2,1-3H3,(H,17,18)/p+1/t8-,14-/m1/s1. The summed E-state index contributed by atoms with van der Waals surface area (Å²) in [6.07, 6.45) is 0.889. The molecule has 0 aromatic carbocycles. The molecular weight excluding hydrogens is 254 g/mol.